The highest BCUT2D eigenvalue weighted by atomic mass is 16.2. The summed E-state index contributed by atoms with van der Waals surface area (Å²) in [6, 6.07) is 10.4. The second kappa shape index (κ2) is 7.91. The van der Waals surface area contributed by atoms with Crippen LogP contribution in [0.15, 0.2) is 30.3 Å². The quantitative estimate of drug-likeness (QED) is 0.823. The molecule has 4 rings (SSSR count). The Morgan fingerprint density at radius 1 is 0.926 bits per heavy atom. The lowest BCUT2D eigenvalue weighted by Crippen LogP contribution is -2.43. The van der Waals surface area contributed by atoms with E-state index in [1.165, 1.54) is 24.9 Å². The molecule has 146 valence electrons. The van der Waals surface area contributed by atoms with Crippen LogP contribution in [0.5, 0.6) is 0 Å². The molecule has 5 nitrogen and oxygen atoms in total. The van der Waals surface area contributed by atoms with Gasteiger partial charge in [0.05, 0.1) is 6.54 Å². The van der Waals surface area contributed by atoms with E-state index in [-0.39, 0.29) is 23.8 Å². The number of anilines is 1. The average Bonchev–Trinajstić information content (AvgIpc) is 2.87. The van der Waals surface area contributed by atoms with Gasteiger partial charge < -0.3 is 14.7 Å². The normalized spacial score (nSPS) is 23.0. The van der Waals surface area contributed by atoms with Crippen LogP contribution in [0.2, 0.25) is 0 Å². The minimum Gasteiger partial charge on any atom is -0.370 e. The Labute approximate surface area is 162 Å². The van der Waals surface area contributed by atoms with Crippen LogP contribution >= 0.6 is 0 Å². The molecule has 2 amide bonds. The Morgan fingerprint density at radius 2 is 1.70 bits per heavy atom. The van der Waals surface area contributed by atoms with Gasteiger partial charge in [-0.1, -0.05) is 37.5 Å². The van der Waals surface area contributed by atoms with Crippen LogP contribution < -0.4 is 4.90 Å². The molecule has 2 saturated heterocycles. The number of nitrogens with zero attached hydrogens (tertiary/aromatic N) is 3. The third kappa shape index (κ3) is 4.12. The molecule has 2 aliphatic heterocycles. The number of likely N-dealkylation sites (tertiary alicyclic amines) is 1. The summed E-state index contributed by atoms with van der Waals surface area (Å²) in [5, 5.41) is 0. The SMILES string of the molecule is O=C(CN1CC2(CCCCC2)CC1=O)N1CCCN(c2ccccc2)CC1. The Balaban J connectivity index is 1.33. The fraction of sp³-hybridized carbons (Fsp3) is 0.636. The standard InChI is InChI=1S/C22H31N3O2/c26-20-16-22(10-5-2-6-11-22)18-25(20)17-21(27)24-13-7-12-23(14-15-24)19-8-3-1-4-9-19/h1,3-4,8-9H,2,5-7,10-18H2. The van der Waals surface area contributed by atoms with Crippen molar-refractivity contribution in [1.82, 2.24) is 9.80 Å². The monoisotopic (exact) mass is 369 g/mol. The van der Waals surface area contributed by atoms with E-state index in [1.807, 2.05) is 15.9 Å². The molecule has 5 heteroatoms. The van der Waals surface area contributed by atoms with Crippen LogP contribution in [-0.4, -0.2) is 60.9 Å². The van der Waals surface area contributed by atoms with Crippen molar-refractivity contribution in [3.63, 3.8) is 0 Å². The van der Waals surface area contributed by atoms with Crippen LogP contribution in [0.25, 0.3) is 0 Å². The predicted molar refractivity (Wildman–Crippen MR) is 107 cm³/mol. The number of amides is 2. The zero-order chi connectivity index (χ0) is 18.7. The van der Waals surface area contributed by atoms with Gasteiger partial charge in [0.1, 0.15) is 0 Å². The van der Waals surface area contributed by atoms with Crippen molar-refractivity contribution in [2.24, 2.45) is 5.41 Å². The van der Waals surface area contributed by atoms with Gasteiger partial charge in [0, 0.05) is 44.8 Å². The first-order chi connectivity index (χ1) is 13.2. The Hall–Kier alpha value is -2.04. The topological polar surface area (TPSA) is 43.9 Å². The van der Waals surface area contributed by atoms with E-state index in [1.54, 1.807) is 0 Å². The van der Waals surface area contributed by atoms with Gasteiger partial charge in [-0.2, -0.15) is 0 Å². The van der Waals surface area contributed by atoms with Gasteiger partial charge in [-0.05, 0) is 36.8 Å². The molecular formula is C22H31N3O2. The number of carbonyl (C=O) groups is 2. The van der Waals surface area contributed by atoms with Gasteiger partial charge in [-0.25, -0.2) is 0 Å². The van der Waals surface area contributed by atoms with Crippen molar-refractivity contribution < 1.29 is 9.59 Å². The molecular weight excluding hydrogens is 338 g/mol. The van der Waals surface area contributed by atoms with Crippen LogP contribution in [0.3, 0.4) is 0 Å². The molecule has 27 heavy (non-hydrogen) atoms. The van der Waals surface area contributed by atoms with Crippen LogP contribution in [0.4, 0.5) is 5.69 Å². The minimum atomic E-state index is 0.117. The number of rotatable bonds is 3. The maximum Gasteiger partial charge on any atom is 0.242 e. The summed E-state index contributed by atoms with van der Waals surface area (Å²) >= 11 is 0. The summed E-state index contributed by atoms with van der Waals surface area (Å²) in [5.74, 6) is 0.303. The largest absolute Gasteiger partial charge is 0.370 e. The summed E-state index contributed by atoms with van der Waals surface area (Å²) in [7, 11) is 0. The Morgan fingerprint density at radius 3 is 2.48 bits per heavy atom. The van der Waals surface area contributed by atoms with E-state index in [4.69, 9.17) is 0 Å². The fourth-order valence-corrected chi connectivity index (χ4v) is 5.09. The Bertz CT molecular complexity index is 669. The maximum atomic E-state index is 12.9. The molecule has 0 unspecified atom stereocenters. The molecule has 1 aliphatic carbocycles. The predicted octanol–water partition coefficient (Wildman–Crippen LogP) is 2.91. The first-order valence-corrected chi connectivity index (χ1v) is 10.5. The van der Waals surface area contributed by atoms with Crippen molar-refractivity contribution in [1.29, 1.82) is 0 Å². The third-order valence-electron chi connectivity index (χ3n) is 6.62. The van der Waals surface area contributed by atoms with Gasteiger partial charge in [0.15, 0.2) is 0 Å². The molecule has 0 bridgehead atoms. The maximum absolute atomic E-state index is 12.9. The van der Waals surface area contributed by atoms with Crippen molar-refractivity contribution in [3.8, 4) is 0 Å². The molecule has 0 atom stereocenters. The summed E-state index contributed by atoms with van der Waals surface area (Å²) < 4.78 is 0. The lowest BCUT2D eigenvalue weighted by molar-refractivity contribution is -0.138. The minimum absolute atomic E-state index is 0.117. The number of carbonyl (C=O) groups excluding carboxylic acids is 2. The summed E-state index contributed by atoms with van der Waals surface area (Å²) in [6.07, 6.45) is 7.69. The van der Waals surface area contributed by atoms with E-state index in [2.05, 4.69) is 29.2 Å². The second-order valence-corrected chi connectivity index (χ2v) is 8.54. The number of benzene rings is 1. The van der Waals surface area contributed by atoms with Gasteiger partial charge in [-0.15, -0.1) is 0 Å². The van der Waals surface area contributed by atoms with Gasteiger partial charge in [-0.3, -0.25) is 9.59 Å². The zero-order valence-corrected chi connectivity index (χ0v) is 16.2. The number of para-hydroxylation sites is 1. The van der Waals surface area contributed by atoms with E-state index >= 15 is 0 Å². The first-order valence-electron chi connectivity index (χ1n) is 10.5. The van der Waals surface area contributed by atoms with Crippen molar-refractivity contribution in [2.45, 2.75) is 44.9 Å². The first kappa shape index (κ1) is 18.3. The van der Waals surface area contributed by atoms with Crippen molar-refractivity contribution in [2.75, 3.05) is 44.2 Å². The molecule has 1 aromatic rings. The van der Waals surface area contributed by atoms with Gasteiger partial charge in [0.2, 0.25) is 11.8 Å². The van der Waals surface area contributed by atoms with E-state index in [0.29, 0.717) is 6.42 Å². The molecule has 1 saturated carbocycles. The lowest BCUT2D eigenvalue weighted by atomic mass is 9.73. The van der Waals surface area contributed by atoms with Crippen molar-refractivity contribution in [3.05, 3.63) is 30.3 Å². The third-order valence-corrected chi connectivity index (χ3v) is 6.62. The zero-order valence-electron chi connectivity index (χ0n) is 16.2. The molecule has 1 aromatic carbocycles. The highest BCUT2D eigenvalue weighted by Gasteiger charge is 2.44. The fourth-order valence-electron chi connectivity index (χ4n) is 5.09. The Kier molecular flexibility index (Phi) is 5.37. The molecule has 3 aliphatic rings. The molecule has 0 radical (unpaired) electrons. The van der Waals surface area contributed by atoms with E-state index < -0.39 is 0 Å². The second-order valence-electron chi connectivity index (χ2n) is 8.54. The number of hydrogen-bond donors (Lipinski definition) is 0. The van der Waals surface area contributed by atoms with E-state index in [9.17, 15) is 9.59 Å². The highest BCUT2D eigenvalue weighted by molar-refractivity contribution is 5.86. The summed E-state index contributed by atoms with van der Waals surface area (Å²) in [6.45, 7) is 4.41. The number of hydrogen-bond acceptors (Lipinski definition) is 3. The smallest absolute Gasteiger partial charge is 0.242 e. The summed E-state index contributed by atoms with van der Waals surface area (Å²) in [4.78, 5) is 31.6. The van der Waals surface area contributed by atoms with Gasteiger partial charge >= 0.3 is 0 Å². The van der Waals surface area contributed by atoms with Crippen LogP contribution in [0.1, 0.15) is 44.9 Å². The average molecular weight is 370 g/mol. The molecule has 1 spiro atoms. The van der Waals surface area contributed by atoms with Crippen molar-refractivity contribution >= 4 is 17.5 Å². The molecule has 0 N–H and O–H groups in total. The van der Waals surface area contributed by atoms with Gasteiger partial charge in [0.25, 0.3) is 0 Å². The molecule has 0 aromatic heterocycles. The molecule has 2 heterocycles. The lowest BCUT2D eigenvalue weighted by Gasteiger charge is -2.32. The highest BCUT2D eigenvalue weighted by Crippen LogP contribution is 2.44. The molecule has 3 fully saturated rings. The van der Waals surface area contributed by atoms with Crippen LogP contribution in [-0.2, 0) is 9.59 Å². The summed E-state index contributed by atoms with van der Waals surface area (Å²) in [5.41, 5.74) is 1.39. The van der Waals surface area contributed by atoms with E-state index in [0.717, 1.165) is 52.0 Å². The van der Waals surface area contributed by atoms with Crippen LogP contribution in [0, 0.1) is 5.41 Å².